The van der Waals surface area contributed by atoms with Crippen molar-refractivity contribution in [2.75, 3.05) is 46.8 Å². The number of benzene rings is 3. The Hall–Kier alpha value is -3.91. The van der Waals surface area contributed by atoms with Crippen LogP contribution in [-0.4, -0.2) is 58.4 Å². The summed E-state index contributed by atoms with van der Waals surface area (Å²) in [4.78, 5) is 15.8. The standard InChI is InChI=1S/C32H39N3O5/c1-20-14-26(23-8-6-7-9-25(23)33-20)34-32(36)19-35-13-12-22-17-30(39-4)31(40-5)18-24(22)27(35)15-21-10-11-28(37-2)29(16-21)38-3/h6-11,16-18,20,26-27,33H,12-15,19H2,1-5H3,(H,34,36). The second kappa shape index (κ2) is 12.1. The van der Waals surface area contributed by atoms with E-state index in [9.17, 15) is 4.79 Å². The fourth-order valence-electron chi connectivity index (χ4n) is 6.04. The summed E-state index contributed by atoms with van der Waals surface area (Å²) < 4.78 is 22.3. The quantitative estimate of drug-likeness (QED) is 0.395. The lowest BCUT2D eigenvalue weighted by Crippen LogP contribution is -2.45. The van der Waals surface area contributed by atoms with Crippen LogP contribution in [0.5, 0.6) is 23.0 Å². The zero-order valence-electron chi connectivity index (χ0n) is 24.0. The number of nitrogens with zero attached hydrogens (tertiary/aromatic N) is 1. The van der Waals surface area contributed by atoms with Crippen LogP contribution in [0.15, 0.2) is 54.6 Å². The molecule has 3 atom stereocenters. The van der Waals surface area contributed by atoms with Crippen LogP contribution in [0.25, 0.3) is 0 Å². The molecule has 3 aromatic rings. The van der Waals surface area contributed by atoms with Gasteiger partial charge in [0.25, 0.3) is 0 Å². The van der Waals surface area contributed by atoms with Crippen LogP contribution >= 0.6 is 0 Å². The number of carbonyl (C=O) groups excluding carboxylic acids is 1. The minimum absolute atomic E-state index is 0.0225. The zero-order chi connectivity index (χ0) is 28.2. The van der Waals surface area contributed by atoms with Gasteiger partial charge >= 0.3 is 0 Å². The highest BCUT2D eigenvalue weighted by molar-refractivity contribution is 5.79. The molecular formula is C32H39N3O5. The van der Waals surface area contributed by atoms with Crippen LogP contribution in [0.2, 0.25) is 0 Å². The number of rotatable bonds is 9. The number of para-hydroxylation sites is 1. The van der Waals surface area contributed by atoms with Crippen LogP contribution in [-0.2, 0) is 17.6 Å². The van der Waals surface area contributed by atoms with Crippen LogP contribution in [0.3, 0.4) is 0 Å². The Labute approximate surface area is 236 Å². The molecule has 2 aliphatic heterocycles. The van der Waals surface area contributed by atoms with E-state index in [4.69, 9.17) is 18.9 Å². The molecule has 0 saturated carbocycles. The largest absolute Gasteiger partial charge is 0.493 e. The van der Waals surface area contributed by atoms with E-state index >= 15 is 0 Å². The number of ether oxygens (including phenoxy) is 4. The number of nitrogens with one attached hydrogen (secondary N) is 2. The predicted octanol–water partition coefficient (Wildman–Crippen LogP) is 4.92. The lowest BCUT2D eigenvalue weighted by atomic mass is 9.88. The maximum Gasteiger partial charge on any atom is 0.234 e. The first-order valence-electron chi connectivity index (χ1n) is 13.8. The second-order valence-corrected chi connectivity index (χ2v) is 10.5. The molecule has 0 aromatic heterocycles. The first kappa shape index (κ1) is 27.6. The van der Waals surface area contributed by atoms with Crippen molar-refractivity contribution in [3.8, 4) is 23.0 Å². The van der Waals surface area contributed by atoms with Gasteiger partial charge in [-0.15, -0.1) is 0 Å². The van der Waals surface area contributed by atoms with Crippen LogP contribution in [0.4, 0.5) is 5.69 Å². The predicted molar refractivity (Wildman–Crippen MR) is 156 cm³/mol. The maximum absolute atomic E-state index is 13.6. The van der Waals surface area contributed by atoms with Gasteiger partial charge in [0.2, 0.25) is 5.91 Å². The monoisotopic (exact) mass is 545 g/mol. The number of hydrogen-bond acceptors (Lipinski definition) is 7. The molecule has 8 heteroatoms. The van der Waals surface area contributed by atoms with Crippen molar-refractivity contribution >= 4 is 11.6 Å². The summed E-state index contributed by atoms with van der Waals surface area (Å²) in [6.07, 6.45) is 2.36. The summed E-state index contributed by atoms with van der Waals surface area (Å²) >= 11 is 0. The topological polar surface area (TPSA) is 81.3 Å². The number of fused-ring (bicyclic) bond motifs is 2. The van der Waals surface area contributed by atoms with Gasteiger partial charge in [0, 0.05) is 24.3 Å². The summed E-state index contributed by atoms with van der Waals surface area (Å²) in [5.74, 6) is 2.80. The molecule has 0 fully saturated rings. The van der Waals surface area contributed by atoms with Crippen molar-refractivity contribution in [1.29, 1.82) is 0 Å². The third-order valence-corrected chi connectivity index (χ3v) is 8.00. The summed E-state index contributed by atoms with van der Waals surface area (Å²) in [5, 5.41) is 6.86. The van der Waals surface area contributed by atoms with Crippen molar-refractivity contribution in [2.24, 2.45) is 0 Å². The fraction of sp³-hybridized carbons (Fsp3) is 0.406. The Morgan fingerprint density at radius 3 is 2.35 bits per heavy atom. The number of carbonyl (C=O) groups is 1. The van der Waals surface area contributed by atoms with Crippen LogP contribution in [0.1, 0.15) is 47.7 Å². The van der Waals surface area contributed by atoms with E-state index in [1.165, 1.54) is 5.56 Å². The van der Waals surface area contributed by atoms with E-state index < -0.39 is 0 Å². The molecule has 3 unspecified atom stereocenters. The molecule has 2 heterocycles. The van der Waals surface area contributed by atoms with Gasteiger partial charge in [-0.3, -0.25) is 9.69 Å². The zero-order valence-corrected chi connectivity index (χ0v) is 24.0. The smallest absolute Gasteiger partial charge is 0.234 e. The van der Waals surface area contributed by atoms with Crippen molar-refractivity contribution in [3.05, 3.63) is 76.9 Å². The minimum atomic E-state index is -0.0355. The lowest BCUT2D eigenvalue weighted by Gasteiger charge is -2.38. The van der Waals surface area contributed by atoms with Gasteiger partial charge in [-0.2, -0.15) is 0 Å². The van der Waals surface area contributed by atoms with Gasteiger partial charge < -0.3 is 29.6 Å². The average Bonchev–Trinajstić information content (AvgIpc) is 2.97. The first-order valence-corrected chi connectivity index (χ1v) is 13.8. The van der Waals surface area contributed by atoms with E-state index in [-0.39, 0.29) is 24.0 Å². The maximum atomic E-state index is 13.6. The molecular weight excluding hydrogens is 506 g/mol. The SMILES string of the molecule is COc1ccc(CC2c3cc(OC)c(OC)cc3CCN2CC(=O)NC2CC(C)Nc3ccccc32)cc1OC. The highest BCUT2D eigenvalue weighted by Crippen LogP contribution is 2.40. The molecule has 40 heavy (non-hydrogen) atoms. The fourth-order valence-corrected chi connectivity index (χ4v) is 6.04. The second-order valence-electron chi connectivity index (χ2n) is 10.5. The molecule has 0 spiro atoms. The molecule has 3 aromatic carbocycles. The van der Waals surface area contributed by atoms with E-state index in [2.05, 4.69) is 52.8 Å². The van der Waals surface area contributed by atoms with Crippen LogP contribution < -0.4 is 29.6 Å². The summed E-state index contributed by atoms with van der Waals surface area (Å²) in [7, 11) is 6.59. The van der Waals surface area contributed by atoms with Gasteiger partial charge in [-0.05, 0) is 78.8 Å². The van der Waals surface area contributed by atoms with Gasteiger partial charge in [0.1, 0.15) is 0 Å². The van der Waals surface area contributed by atoms with Crippen molar-refractivity contribution in [1.82, 2.24) is 10.2 Å². The summed E-state index contributed by atoms with van der Waals surface area (Å²) in [5.41, 5.74) is 5.67. The molecule has 2 N–H and O–H groups in total. The molecule has 0 radical (unpaired) electrons. The molecule has 8 nitrogen and oxygen atoms in total. The highest BCUT2D eigenvalue weighted by atomic mass is 16.5. The molecule has 0 aliphatic carbocycles. The van der Waals surface area contributed by atoms with E-state index in [0.29, 0.717) is 30.2 Å². The molecule has 0 bridgehead atoms. The minimum Gasteiger partial charge on any atom is -0.493 e. The lowest BCUT2D eigenvalue weighted by molar-refractivity contribution is -0.123. The summed E-state index contributed by atoms with van der Waals surface area (Å²) in [6.45, 7) is 3.21. The van der Waals surface area contributed by atoms with Crippen molar-refractivity contribution < 1.29 is 23.7 Å². The highest BCUT2D eigenvalue weighted by Gasteiger charge is 2.32. The third kappa shape index (κ3) is 5.68. The van der Waals surface area contributed by atoms with Gasteiger partial charge in [0.05, 0.1) is 41.0 Å². The molecule has 212 valence electrons. The Morgan fingerprint density at radius 2 is 1.60 bits per heavy atom. The Bertz CT molecular complexity index is 1360. The Morgan fingerprint density at radius 1 is 0.900 bits per heavy atom. The number of methoxy groups -OCH3 is 4. The third-order valence-electron chi connectivity index (χ3n) is 8.00. The van der Waals surface area contributed by atoms with Gasteiger partial charge in [-0.1, -0.05) is 24.3 Å². The first-order chi connectivity index (χ1) is 19.4. The number of amides is 1. The average molecular weight is 546 g/mol. The molecule has 0 saturated heterocycles. The van der Waals surface area contributed by atoms with Gasteiger partial charge in [0.15, 0.2) is 23.0 Å². The van der Waals surface area contributed by atoms with Crippen molar-refractivity contribution in [3.63, 3.8) is 0 Å². The molecule has 5 rings (SSSR count). The molecule has 2 aliphatic rings. The van der Waals surface area contributed by atoms with E-state index in [1.54, 1.807) is 28.4 Å². The Balaban J connectivity index is 1.43. The van der Waals surface area contributed by atoms with E-state index in [0.717, 1.165) is 47.5 Å². The normalized spacial score (nSPS) is 20.0. The van der Waals surface area contributed by atoms with Crippen LogP contribution in [0, 0.1) is 0 Å². The molecule has 1 amide bonds. The van der Waals surface area contributed by atoms with E-state index in [1.807, 2.05) is 24.3 Å². The van der Waals surface area contributed by atoms with Crippen molar-refractivity contribution in [2.45, 2.75) is 44.3 Å². The summed E-state index contributed by atoms with van der Waals surface area (Å²) in [6, 6.07) is 18.6. The van der Waals surface area contributed by atoms with Gasteiger partial charge in [-0.25, -0.2) is 0 Å². The number of hydrogen-bond donors (Lipinski definition) is 2. The number of anilines is 1. The Kier molecular flexibility index (Phi) is 8.35.